The minimum absolute atomic E-state index is 0.0248. The second-order valence-electron chi connectivity index (χ2n) is 11.4. The molecule has 13 nitrogen and oxygen atoms in total. The van der Waals surface area contributed by atoms with E-state index in [0.717, 1.165) is 44.3 Å². The standard InChI is InChI=1S/C29H34ClF3N10O3/c1-18(14-42-17-37-40-41-42)46-25-10-20(4-7-23(25)30)21-11-35-28(36-12-21)38-24-15-43(39-27(24)45-16-29(31,32)33)22-5-2-19(3-6-22)26-13-34-8-9-44-26/h4,7,10-12,15,17-19,22,26,34H,2-3,5-6,8-9,13-14,16H2,1H3,(H,35,36,38). The molecule has 4 aromatic rings. The number of rotatable bonds is 11. The molecule has 2 unspecified atom stereocenters. The summed E-state index contributed by atoms with van der Waals surface area (Å²) in [5, 5.41) is 22.3. The summed E-state index contributed by atoms with van der Waals surface area (Å²) in [4.78, 5) is 8.78. The number of halogens is 4. The van der Waals surface area contributed by atoms with Crippen LogP contribution in [0.1, 0.15) is 38.6 Å². The van der Waals surface area contributed by atoms with Crippen LogP contribution in [0.5, 0.6) is 11.6 Å². The van der Waals surface area contributed by atoms with Crippen molar-refractivity contribution in [3.8, 4) is 22.8 Å². The highest BCUT2D eigenvalue weighted by molar-refractivity contribution is 6.32. The summed E-state index contributed by atoms with van der Waals surface area (Å²) in [6, 6.07) is 5.33. The molecule has 46 heavy (non-hydrogen) atoms. The zero-order valence-electron chi connectivity index (χ0n) is 25.0. The van der Waals surface area contributed by atoms with Crippen LogP contribution in [-0.2, 0) is 11.3 Å². The van der Waals surface area contributed by atoms with E-state index >= 15 is 0 Å². The van der Waals surface area contributed by atoms with Crippen molar-refractivity contribution in [2.75, 3.05) is 31.6 Å². The van der Waals surface area contributed by atoms with E-state index < -0.39 is 12.8 Å². The lowest BCUT2D eigenvalue weighted by atomic mass is 9.82. The van der Waals surface area contributed by atoms with E-state index in [4.69, 9.17) is 25.8 Å². The molecule has 1 saturated heterocycles. The molecule has 2 N–H and O–H groups in total. The normalized spacial score (nSPS) is 21.1. The molecule has 2 atom stereocenters. The quantitative estimate of drug-likeness (QED) is 0.228. The topological polar surface area (TPSA) is 139 Å². The summed E-state index contributed by atoms with van der Waals surface area (Å²) in [6.45, 7) is 3.25. The van der Waals surface area contributed by atoms with Gasteiger partial charge < -0.3 is 24.8 Å². The third-order valence-corrected chi connectivity index (χ3v) is 8.31. The summed E-state index contributed by atoms with van der Waals surface area (Å²) in [5.41, 5.74) is 1.68. The number of tetrazole rings is 1. The first-order chi connectivity index (χ1) is 22.2. The highest BCUT2D eigenvalue weighted by Crippen LogP contribution is 2.38. The molecule has 0 amide bonds. The van der Waals surface area contributed by atoms with Gasteiger partial charge in [-0.05, 0) is 66.6 Å². The number of morpholine rings is 1. The highest BCUT2D eigenvalue weighted by Gasteiger charge is 2.32. The highest BCUT2D eigenvalue weighted by atomic mass is 35.5. The largest absolute Gasteiger partial charge is 0.487 e. The number of hydrogen-bond acceptors (Lipinski definition) is 11. The first kappa shape index (κ1) is 31.9. The van der Waals surface area contributed by atoms with Crippen molar-refractivity contribution in [2.45, 2.75) is 63.6 Å². The number of alkyl halides is 3. The second-order valence-corrected chi connectivity index (χ2v) is 11.8. The van der Waals surface area contributed by atoms with Crippen LogP contribution >= 0.6 is 11.6 Å². The molecule has 17 heteroatoms. The summed E-state index contributed by atoms with van der Waals surface area (Å²) < 4.78 is 59.4. The SMILES string of the molecule is CC(Cn1cnnn1)Oc1cc(-c2cnc(Nc3cn(C4CCC(C5CNCCO5)CC4)nc3OCC(F)(F)F)nc2)ccc1Cl. The van der Waals surface area contributed by atoms with Crippen LogP contribution in [0.2, 0.25) is 5.02 Å². The fourth-order valence-corrected chi connectivity index (χ4v) is 5.91. The predicted molar refractivity (Wildman–Crippen MR) is 161 cm³/mol. The molecule has 0 radical (unpaired) electrons. The lowest BCUT2D eigenvalue weighted by Gasteiger charge is -2.35. The second kappa shape index (κ2) is 14.2. The molecule has 1 aromatic carbocycles. The smallest absolute Gasteiger partial charge is 0.422 e. The molecule has 1 aliphatic heterocycles. The van der Waals surface area contributed by atoms with Crippen molar-refractivity contribution in [1.29, 1.82) is 0 Å². The summed E-state index contributed by atoms with van der Waals surface area (Å²) in [6.07, 6.45) is 5.30. The van der Waals surface area contributed by atoms with Gasteiger partial charge in [-0.25, -0.2) is 14.6 Å². The van der Waals surface area contributed by atoms with Crippen molar-refractivity contribution >= 4 is 23.2 Å². The zero-order chi connectivity index (χ0) is 32.1. The molecule has 6 rings (SSSR count). The maximum atomic E-state index is 13.0. The molecule has 1 aliphatic carbocycles. The average molecular weight is 663 g/mol. The van der Waals surface area contributed by atoms with Gasteiger partial charge in [-0.1, -0.05) is 17.7 Å². The third-order valence-electron chi connectivity index (χ3n) is 7.99. The minimum Gasteiger partial charge on any atom is -0.487 e. The van der Waals surface area contributed by atoms with Crippen LogP contribution in [0.15, 0.2) is 43.1 Å². The molecule has 0 bridgehead atoms. The minimum atomic E-state index is -4.52. The third kappa shape index (κ3) is 8.22. The van der Waals surface area contributed by atoms with Gasteiger partial charge in [0.15, 0.2) is 6.61 Å². The fourth-order valence-electron chi connectivity index (χ4n) is 5.75. The van der Waals surface area contributed by atoms with Gasteiger partial charge in [-0.3, -0.25) is 4.68 Å². The molecule has 2 fully saturated rings. The van der Waals surface area contributed by atoms with Gasteiger partial charge in [0.1, 0.15) is 23.9 Å². The molecule has 246 valence electrons. The number of nitrogens with zero attached hydrogens (tertiary/aromatic N) is 8. The van der Waals surface area contributed by atoms with Crippen LogP contribution in [-0.4, -0.2) is 84.6 Å². The van der Waals surface area contributed by atoms with E-state index in [9.17, 15) is 13.2 Å². The molecular weight excluding hydrogens is 629 g/mol. The maximum absolute atomic E-state index is 13.0. The van der Waals surface area contributed by atoms with Crippen molar-refractivity contribution < 1.29 is 27.4 Å². The number of anilines is 2. The Morgan fingerprint density at radius 3 is 2.65 bits per heavy atom. The Balaban J connectivity index is 1.13. The van der Waals surface area contributed by atoms with Gasteiger partial charge in [0, 0.05) is 31.0 Å². The van der Waals surface area contributed by atoms with Crippen LogP contribution in [0, 0.1) is 5.92 Å². The molecule has 3 aromatic heterocycles. The Morgan fingerprint density at radius 1 is 1.15 bits per heavy atom. The number of nitrogens with one attached hydrogen (secondary N) is 2. The van der Waals surface area contributed by atoms with E-state index in [1.165, 1.54) is 6.33 Å². The first-order valence-corrected chi connectivity index (χ1v) is 15.5. The van der Waals surface area contributed by atoms with Crippen LogP contribution in [0.3, 0.4) is 0 Å². The van der Waals surface area contributed by atoms with E-state index in [1.807, 2.05) is 13.0 Å². The Hall–Kier alpha value is -4.02. The van der Waals surface area contributed by atoms with E-state index in [1.54, 1.807) is 40.1 Å². The van der Waals surface area contributed by atoms with Crippen molar-refractivity contribution in [1.82, 2.24) is 45.3 Å². The van der Waals surface area contributed by atoms with Crippen molar-refractivity contribution in [3.05, 3.63) is 48.1 Å². The Kier molecular flexibility index (Phi) is 9.84. The van der Waals surface area contributed by atoms with E-state index in [2.05, 4.69) is 41.2 Å². The molecule has 1 saturated carbocycles. The van der Waals surface area contributed by atoms with Gasteiger partial charge in [0.05, 0.1) is 36.5 Å². The lowest BCUT2D eigenvalue weighted by Crippen LogP contribution is -2.43. The predicted octanol–water partition coefficient (Wildman–Crippen LogP) is 4.85. The summed E-state index contributed by atoms with van der Waals surface area (Å²) in [5.74, 6) is 0.917. The monoisotopic (exact) mass is 662 g/mol. The maximum Gasteiger partial charge on any atom is 0.422 e. The Morgan fingerprint density at radius 2 is 1.96 bits per heavy atom. The van der Waals surface area contributed by atoms with E-state index in [0.29, 0.717) is 35.4 Å². The zero-order valence-corrected chi connectivity index (χ0v) is 25.8. The van der Waals surface area contributed by atoms with Crippen LogP contribution < -0.4 is 20.1 Å². The van der Waals surface area contributed by atoms with Gasteiger partial charge in [0.2, 0.25) is 5.95 Å². The lowest BCUT2D eigenvalue weighted by molar-refractivity contribution is -0.154. The number of ether oxygens (including phenoxy) is 3. The number of aromatic nitrogens is 8. The van der Waals surface area contributed by atoms with Gasteiger partial charge in [-0.2, -0.15) is 13.2 Å². The molecule has 2 aliphatic rings. The summed E-state index contributed by atoms with van der Waals surface area (Å²) in [7, 11) is 0. The molecule has 0 spiro atoms. The fraction of sp³-hybridized carbons (Fsp3) is 0.517. The van der Waals surface area contributed by atoms with Crippen molar-refractivity contribution in [2.24, 2.45) is 5.92 Å². The van der Waals surface area contributed by atoms with Gasteiger partial charge in [-0.15, -0.1) is 10.2 Å². The first-order valence-electron chi connectivity index (χ1n) is 15.1. The average Bonchev–Trinajstić information content (AvgIpc) is 3.72. The number of benzene rings is 1. The van der Waals surface area contributed by atoms with Crippen LogP contribution in [0.4, 0.5) is 24.8 Å². The van der Waals surface area contributed by atoms with Gasteiger partial charge >= 0.3 is 6.18 Å². The Labute approximate surface area is 267 Å². The number of hydrogen-bond donors (Lipinski definition) is 2. The molecule has 4 heterocycles. The van der Waals surface area contributed by atoms with Gasteiger partial charge in [0.25, 0.3) is 5.88 Å². The molecular formula is C29H34ClF3N10O3. The van der Waals surface area contributed by atoms with Crippen LogP contribution in [0.25, 0.3) is 11.1 Å². The summed E-state index contributed by atoms with van der Waals surface area (Å²) >= 11 is 6.38. The van der Waals surface area contributed by atoms with E-state index in [-0.39, 0.29) is 35.8 Å². The Bertz CT molecular complexity index is 1560. The van der Waals surface area contributed by atoms with Crippen molar-refractivity contribution in [3.63, 3.8) is 0 Å².